The van der Waals surface area contributed by atoms with Crippen LogP contribution in [-0.4, -0.2) is 40.7 Å². The maximum atomic E-state index is 5.95. The number of rotatable bonds is 7. The molecule has 4 nitrogen and oxygen atoms in total. The SMILES string of the molecule is CCc1ncc(CN2CCOC(CCCc3ccccc3)C2)cn1. The summed E-state index contributed by atoms with van der Waals surface area (Å²) in [6.45, 7) is 5.82. The molecule has 2 aromatic rings. The van der Waals surface area contributed by atoms with E-state index < -0.39 is 0 Å². The van der Waals surface area contributed by atoms with Crippen molar-refractivity contribution in [1.29, 1.82) is 0 Å². The van der Waals surface area contributed by atoms with Crippen LogP contribution in [0.5, 0.6) is 0 Å². The molecule has 1 atom stereocenters. The zero-order valence-corrected chi connectivity index (χ0v) is 14.5. The van der Waals surface area contributed by atoms with E-state index in [0.717, 1.165) is 51.3 Å². The molecule has 1 fully saturated rings. The molecule has 0 N–H and O–H groups in total. The van der Waals surface area contributed by atoms with Crippen LogP contribution in [0.2, 0.25) is 0 Å². The number of aromatic nitrogens is 2. The average molecular weight is 325 g/mol. The summed E-state index contributed by atoms with van der Waals surface area (Å²) in [7, 11) is 0. The van der Waals surface area contributed by atoms with E-state index in [0.29, 0.717) is 6.10 Å². The maximum absolute atomic E-state index is 5.95. The van der Waals surface area contributed by atoms with Gasteiger partial charge in [-0.3, -0.25) is 4.90 Å². The Morgan fingerprint density at radius 2 is 1.92 bits per heavy atom. The standard InChI is InChI=1S/C20H27N3O/c1-2-20-21-13-18(14-22-20)15-23-11-12-24-19(16-23)10-6-9-17-7-4-3-5-8-17/h3-5,7-8,13-14,19H,2,6,9-12,15-16H2,1H3. The highest BCUT2D eigenvalue weighted by Crippen LogP contribution is 2.15. The van der Waals surface area contributed by atoms with Crippen LogP contribution in [0.1, 0.15) is 36.7 Å². The predicted octanol–water partition coefficient (Wildman–Crippen LogP) is 3.26. The van der Waals surface area contributed by atoms with Crippen molar-refractivity contribution in [2.75, 3.05) is 19.7 Å². The third-order valence-electron chi connectivity index (χ3n) is 4.54. The smallest absolute Gasteiger partial charge is 0.127 e. The molecule has 0 saturated carbocycles. The molecular formula is C20H27N3O. The first-order valence-electron chi connectivity index (χ1n) is 9.01. The number of ether oxygens (including phenoxy) is 1. The largest absolute Gasteiger partial charge is 0.376 e. The third kappa shape index (κ3) is 5.11. The van der Waals surface area contributed by atoms with Crippen LogP contribution in [-0.2, 0) is 24.1 Å². The van der Waals surface area contributed by atoms with E-state index >= 15 is 0 Å². The first-order valence-corrected chi connectivity index (χ1v) is 9.01. The molecule has 0 amide bonds. The second-order valence-electron chi connectivity index (χ2n) is 6.47. The second-order valence-corrected chi connectivity index (χ2v) is 6.47. The molecule has 2 heterocycles. The van der Waals surface area contributed by atoms with Crippen molar-refractivity contribution in [2.24, 2.45) is 0 Å². The summed E-state index contributed by atoms with van der Waals surface area (Å²) < 4.78 is 5.95. The van der Waals surface area contributed by atoms with Crippen molar-refractivity contribution < 1.29 is 4.74 Å². The minimum absolute atomic E-state index is 0.346. The van der Waals surface area contributed by atoms with Crippen LogP contribution in [0, 0.1) is 0 Å². The van der Waals surface area contributed by atoms with Crippen LogP contribution in [0.4, 0.5) is 0 Å². The van der Waals surface area contributed by atoms with Gasteiger partial charge in [0, 0.05) is 44.0 Å². The van der Waals surface area contributed by atoms with Gasteiger partial charge in [-0.15, -0.1) is 0 Å². The van der Waals surface area contributed by atoms with Crippen molar-refractivity contribution in [3.63, 3.8) is 0 Å². The van der Waals surface area contributed by atoms with Crippen LogP contribution >= 0.6 is 0 Å². The van der Waals surface area contributed by atoms with Crippen molar-refractivity contribution in [2.45, 2.75) is 45.3 Å². The van der Waals surface area contributed by atoms with E-state index in [4.69, 9.17) is 4.74 Å². The Hall–Kier alpha value is -1.78. The van der Waals surface area contributed by atoms with Gasteiger partial charge in [0.1, 0.15) is 5.82 Å². The fourth-order valence-electron chi connectivity index (χ4n) is 3.18. The molecule has 0 bridgehead atoms. The zero-order chi connectivity index (χ0) is 16.6. The lowest BCUT2D eigenvalue weighted by molar-refractivity contribution is -0.0355. The van der Waals surface area contributed by atoms with Gasteiger partial charge in [0.15, 0.2) is 0 Å². The van der Waals surface area contributed by atoms with E-state index in [1.807, 2.05) is 12.4 Å². The quantitative estimate of drug-likeness (QED) is 0.783. The highest BCUT2D eigenvalue weighted by atomic mass is 16.5. The highest BCUT2D eigenvalue weighted by molar-refractivity contribution is 5.14. The van der Waals surface area contributed by atoms with Gasteiger partial charge in [0.2, 0.25) is 0 Å². The number of morpholine rings is 1. The van der Waals surface area contributed by atoms with Gasteiger partial charge < -0.3 is 4.74 Å². The number of hydrogen-bond acceptors (Lipinski definition) is 4. The molecular weight excluding hydrogens is 298 g/mol. The van der Waals surface area contributed by atoms with Crippen LogP contribution in [0.25, 0.3) is 0 Å². The lowest BCUT2D eigenvalue weighted by atomic mass is 10.0. The molecule has 1 aromatic heterocycles. The van der Waals surface area contributed by atoms with Gasteiger partial charge >= 0.3 is 0 Å². The van der Waals surface area contributed by atoms with Crippen LogP contribution in [0.3, 0.4) is 0 Å². The monoisotopic (exact) mass is 325 g/mol. The molecule has 1 aliphatic heterocycles. The summed E-state index contributed by atoms with van der Waals surface area (Å²) in [6, 6.07) is 10.7. The Balaban J connectivity index is 1.43. The lowest BCUT2D eigenvalue weighted by Crippen LogP contribution is -2.41. The molecule has 1 saturated heterocycles. The van der Waals surface area contributed by atoms with Crippen LogP contribution < -0.4 is 0 Å². The number of nitrogens with zero attached hydrogens (tertiary/aromatic N) is 3. The van der Waals surface area contributed by atoms with Gasteiger partial charge in [-0.05, 0) is 24.8 Å². The molecule has 0 spiro atoms. The first-order chi connectivity index (χ1) is 11.8. The van der Waals surface area contributed by atoms with Gasteiger partial charge in [0.25, 0.3) is 0 Å². The van der Waals surface area contributed by atoms with Gasteiger partial charge in [-0.25, -0.2) is 9.97 Å². The van der Waals surface area contributed by atoms with Gasteiger partial charge in [0.05, 0.1) is 12.7 Å². The molecule has 3 rings (SSSR count). The molecule has 24 heavy (non-hydrogen) atoms. The van der Waals surface area contributed by atoms with E-state index in [1.54, 1.807) is 0 Å². The number of hydrogen-bond donors (Lipinski definition) is 0. The second kappa shape index (κ2) is 8.90. The summed E-state index contributed by atoms with van der Waals surface area (Å²) >= 11 is 0. The average Bonchev–Trinajstić information content (AvgIpc) is 2.64. The Kier molecular flexibility index (Phi) is 6.33. The third-order valence-corrected chi connectivity index (χ3v) is 4.54. The summed E-state index contributed by atoms with van der Waals surface area (Å²) in [5.41, 5.74) is 2.61. The molecule has 0 radical (unpaired) electrons. The molecule has 1 unspecified atom stereocenters. The van der Waals surface area contributed by atoms with Crippen LogP contribution in [0.15, 0.2) is 42.7 Å². The summed E-state index contributed by atoms with van der Waals surface area (Å²) in [6.07, 6.45) is 8.59. The van der Waals surface area contributed by atoms with Crippen molar-refractivity contribution in [3.05, 3.63) is 59.7 Å². The summed E-state index contributed by atoms with van der Waals surface area (Å²) in [5.74, 6) is 0.916. The maximum Gasteiger partial charge on any atom is 0.127 e. The van der Waals surface area contributed by atoms with E-state index in [1.165, 1.54) is 17.5 Å². The zero-order valence-electron chi connectivity index (χ0n) is 14.5. The number of benzene rings is 1. The first kappa shape index (κ1) is 17.1. The molecule has 128 valence electrons. The minimum atomic E-state index is 0.346. The highest BCUT2D eigenvalue weighted by Gasteiger charge is 2.20. The van der Waals surface area contributed by atoms with Gasteiger partial charge in [-0.1, -0.05) is 37.3 Å². The van der Waals surface area contributed by atoms with Crippen molar-refractivity contribution in [1.82, 2.24) is 14.9 Å². The molecule has 0 aliphatic carbocycles. The topological polar surface area (TPSA) is 38.2 Å². The summed E-state index contributed by atoms with van der Waals surface area (Å²) in [4.78, 5) is 11.3. The Bertz CT molecular complexity index is 600. The minimum Gasteiger partial charge on any atom is -0.376 e. The fraction of sp³-hybridized carbons (Fsp3) is 0.500. The van der Waals surface area contributed by atoms with E-state index in [2.05, 4.69) is 52.1 Å². The fourth-order valence-corrected chi connectivity index (χ4v) is 3.18. The van der Waals surface area contributed by atoms with E-state index in [-0.39, 0.29) is 0 Å². The van der Waals surface area contributed by atoms with Crippen molar-refractivity contribution in [3.8, 4) is 0 Å². The normalized spacial score (nSPS) is 18.6. The molecule has 1 aromatic carbocycles. The lowest BCUT2D eigenvalue weighted by Gasteiger charge is -2.33. The summed E-state index contributed by atoms with van der Waals surface area (Å²) in [5, 5.41) is 0. The molecule has 4 heteroatoms. The Morgan fingerprint density at radius 3 is 2.67 bits per heavy atom. The van der Waals surface area contributed by atoms with E-state index in [9.17, 15) is 0 Å². The van der Waals surface area contributed by atoms with Crippen molar-refractivity contribution >= 4 is 0 Å². The Morgan fingerprint density at radius 1 is 1.12 bits per heavy atom. The van der Waals surface area contributed by atoms with Gasteiger partial charge in [-0.2, -0.15) is 0 Å². The number of aryl methyl sites for hydroxylation is 2. The Labute approximate surface area is 144 Å². The predicted molar refractivity (Wildman–Crippen MR) is 95.8 cm³/mol. The molecule has 1 aliphatic rings.